The minimum atomic E-state index is -0.339. The number of benzene rings is 3. The van der Waals surface area contributed by atoms with E-state index in [0.29, 0.717) is 27.0 Å². The van der Waals surface area contributed by atoms with E-state index in [1.54, 1.807) is 59.4 Å². The van der Waals surface area contributed by atoms with Crippen molar-refractivity contribution in [2.45, 2.75) is 12.1 Å². The second kappa shape index (κ2) is 8.89. The van der Waals surface area contributed by atoms with E-state index < -0.39 is 0 Å². The third kappa shape index (κ3) is 3.91. The smallest absolute Gasteiger partial charge is 0.234 e. The number of nitrogens with one attached hydrogen (secondary N) is 1. The number of amides is 1. The fourth-order valence-corrected chi connectivity index (χ4v) is 4.70. The molecule has 1 amide bonds. The second-order valence-electron chi connectivity index (χ2n) is 7.69. The third-order valence-corrected chi connectivity index (χ3v) is 6.86. The van der Waals surface area contributed by atoms with Gasteiger partial charge in [-0.3, -0.25) is 19.0 Å². The molecule has 7 nitrogen and oxygen atoms in total. The summed E-state index contributed by atoms with van der Waals surface area (Å²) in [6.45, 7) is 1.91. The lowest BCUT2D eigenvalue weighted by Gasteiger charge is -2.20. The monoisotopic (exact) mass is 488 g/mol. The Bertz CT molecular complexity index is 1480. The number of anilines is 1. The molecule has 0 aliphatic heterocycles. The van der Waals surface area contributed by atoms with Crippen LogP contribution in [-0.4, -0.2) is 38.0 Å². The van der Waals surface area contributed by atoms with Crippen LogP contribution in [0.25, 0.3) is 5.69 Å². The van der Waals surface area contributed by atoms with Crippen molar-refractivity contribution in [2.75, 3.05) is 11.1 Å². The molecule has 4 aromatic rings. The Morgan fingerprint density at radius 1 is 1.00 bits per heavy atom. The lowest BCUT2D eigenvalue weighted by Crippen LogP contribution is -2.24. The van der Waals surface area contributed by atoms with Crippen LogP contribution < -0.4 is 5.32 Å². The predicted molar refractivity (Wildman–Crippen MR) is 130 cm³/mol. The Morgan fingerprint density at radius 3 is 2.50 bits per heavy atom. The Labute approximate surface area is 204 Å². The summed E-state index contributed by atoms with van der Waals surface area (Å²) in [5.41, 5.74) is 3.24. The highest BCUT2D eigenvalue weighted by Gasteiger charge is 2.31. The van der Waals surface area contributed by atoms with Gasteiger partial charge in [0.1, 0.15) is 6.33 Å². The molecule has 0 fully saturated rings. The summed E-state index contributed by atoms with van der Waals surface area (Å²) in [7, 11) is 0. The maximum absolute atomic E-state index is 13.1. The predicted octanol–water partition coefficient (Wildman–Crippen LogP) is 4.74. The Kier molecular flexibility index (Phi) is 5.77. The Hall–Kier alpha value is -3.75. The van der Waals surface area contributed by atoms with E-state index in [2.05, 4.69) is 15.5 Å². The normalized spacial score (nSPS) is 12.3. The van der Waals surface area contributed by atoms with Gasteiger partial charge in [-0.25, -0.2) is 0 Å². The van der Waals surface area contributed by atoms with Gasteiger partial charge < -0.3 is 5.32 Å². The number of carbonyl (C=O) groups excluding carboxylic acids is 3. The number of hydrogen-bond donors (Lipinski definition) is 1. The molecule has 1 aliphatic carbocycles. The Morgan fingerprint density at radius 2 is 1.74 bits per heavy atom. The van der Waals surface area contributed by atoms with Crippen LogP contribution in [0.4, 0.5) is 5.69 Å². The fourth-order valence-electron chi connectivity index (χ4n) is 3.80. The molecule has 5 rings (SSSR count). The van der Waals surface area contributed by atoms with E-state index >= 15 is 0 Å². The summed E-state index contributed by atoms with van der Waals surface area (Å²) in [4.78, 5) is 38.8. The van der Waals surface area contributed by atoms with Crippen LogP contribution in [0.15, 0.2) is 72.1 Å². The molecule has 0 saturated heterocycles. The average Bonchev–Trinajstić information content (AvgIpc) is 3.31. The van der Waals surface area contributed by atoms with Crippen molar-refractivity contribution in [3.05, 3.63) is 99.8 Å². The quantitative estimate of drug-likeness (QED) is 0.359. The van der Waals surface area contributed by atoms with Gasteiger partial charge >= 0.3 is 0 Å². The van der Waals surface area contributed by atoms with Crippen LogP contribution in [0.5, 0.6) is 0 Å². The van der Waals surface area contributed by atoms with E-state index in [1.165, 1.54) is 11.8 Å². The van der Waals surface area contributed by atoms with Gasteiger partial charge in [0.05, 0.1) is 22.7 Å². The summed E-state index contributed by atoms with van der Waals surface area (Å²) in [5.74, 6) is -0.833. The zero-order chi connectivity index (χ0) is 23.8. The van der Waals surface area contributed by atoms with Gasteiger partial charge in [0.2, 0.25) is 5.91 Å². The number of aryl methyl sites for hydroxylation is 1. The van der Waals surface area contributed by atoms with Gasteiger partial charge in [-0.2, -0.15) is 0 Å². The summed E-state index contributed by atoms with van der Waals surface area (Å²) < 4.78 is 1.74. The average molecular weight is 489 g/mol. The number of ketones is 2. The van der Waals surface area contributed by atoms with Crippen LogP contribution in [0.2, 0.25) is 5.02 Å². The number of halogens is 1. The highest BCUT2D eigenvalue weighted by Crippen LogP contribution is 2.32. The number of fused-ring (bicyclic) bond motifs is 2. The topological polar surface area (TPSA) is 93.9 Å². The number of aromatic nitrogens is 3. The van der Waals surface area contributed by atoms with Crippen LogP contribution in [0, 0.1) is 6.92 Å². The van der Waals surface area contributed by atoms with Gasteiger partial charge in [-0.05, 0) is 30.7 Å². The molecule has 0 radical (unpaired) electrons. The molecule has 34 heavy (non-hydrogen) atoms. The van der Waals surface area contributed by atoms with Crippen LogP contribution >= 0.6 is 23.4 Å². The molecule has 0 unspecified atom stereocenters. The van der Waals surface area contributed by atoms with Gasteiger partial charge in [0, 0.05) is 21.7 Å². The second-order valence-corrected chi connectivity index (χ2v) is 9.04. The highest BCUT2D eigenvalue weighted by atomic mass is 35.5. The molecule has 1 N–H and O–H groups in total. The molecule has 1 aromatic heterocycles. The molecule has 0 saturated carbocycles. The SMILES string of the molecule is Cc1ccc(-n2cnnc2SCC(=O)Nc2cccc3c2C(=O)c2ccccc2C3=O)cc1Cl. The van der Waals surface area contributed by atoms with E-state index in [4.69, 9.17) is 11.6 Å². The molecule has 1 aliphatic rings. The highest BCUT2D eigenvalue weighted by molar-refractivity contribution is 7.99. The molecule has 0 spiro atoms. The molecular weight excluding hydrogens is 472 g/mol. The van der Waals surface area contributed by atoms with Crippen LogP contribution in [-0.2, 0) is 4.79 Å². The molecular formula is C25H17ClN4O3S. The van der Waals surface area contributed by atoms with Crippen molar-refractivity contribution < 1.29 is 14.4 Å². The Balaban J connectivity index is 1.35. The zero-order valence-electron chi connectivity index (χ0n) is 17.9. The standard InChI is InChI=1S/C25H17ClN4O3S/c1-14-9-10-15(11-19(14)26)30-13-27-29-25(30)34-12-21(31)28-20-8-4-7-18-22(20)24(33)17-6-3-2-5-16(17)23(18)32/h2-11,13H,12H2,1H3,(H,28,31). The molecule has 9 heteroatoms. The molecule has 168 valence electrons. The third-order valence-electron chi connectivity index (χ3n) is 5.51. The molecule has 0 atom stereocenters. The van der Waals surface area contributed by atoms with Crippen molar-refractivity contribution in [3.63, 3.8) is 0 Å². The van der Waals surface area contributed by atoms with Crippen molar-refractivity contribution in [3.8, 4) is 5.69 Å². The minimum absolute atomic E-state index is 0.0285. The largest absolute Gasteiger partial charge is 0.325 e. The van der Waals surface area contributed by atoms with E-state index in [0.717, 1.165) is 11.3 Å². The zero-order valence-corrected chi connectivity index (χ0v) is 19.5. The molecule has 3 aromatic carbocycles. The first-order chi connectivity index (χ1) is 16.4. The van der Waals surface area contributed by atoms with Gasteiger partial charge in [-0.15, -0.1) is 10.2 Å². The summed E-state index contributed by atoms with van der Waals surface area (Å²) in [6.07, 6.45) is 1.55. The lowest BCUT2D eigenvalue weighted by molar-refractivity contribution is -0.113. The first-order valence-corrected chi connectivity index (χ1v) is 11.7. The van der Waals surface area contributed by atoms with E-state index in [9.17, 15) is 14.4 Å². The van der Waals surface area contributed by atoms with Crippen molar-refractivity contribution in [1.82, 2.24) is 14.8 Å². The fraction of sp³-hybridized carbons (Fsp3) is 0.0800. The number of carbonyl (C=O) groups is 3. The van der Waals surface area contributed by atoms with Crippen LogP contribution in [0.1, 0.15) is 37.4 Å². The van der Waals surface area contributed by atoms with E-state index in [1.807, 2.05) is 19.1 Å². The number of thioether (sulfide) groups is 1. The van der Waals surface area contributed by atoms with Crippen molar-refractivity contribution >= 4 is 46.5 Å². The summed E-state index contributed by atoms with van der Waals surface area (Å²) in [5, 5.41) is 12.0. The van der Waals surface area contributed by atoms with Crippen molar-refractivity contribution in [2.24, 2.45) is 0 Å². The van der Waals surface area contributed by atoms with E-state index in [-0.39, 0.29) is 34.4 Å². The van der Waals surface area contributed by atoms with Gasteiger partial charge in [0.25, 0.3) is 0 Å². The maximum Gasteiger partial charge on any atom is 0.234 e. The van der Waals surface area contributed by atoms with Gasteiger partial charge in [0.15, 0.2) is 16.7 Å². The maximum atomic E-state index is 13.1. The summed E-state index contributed by atoms with van der Waals surface area (Å²) in [6, 6.07) is 17.2. The number of hydrogen-bond acceptors (Lipinski definition) is 6. The molecule has 0 bridgehead atoms. The number of rotatable bonds is 5. The van der Waals surface area contributed by atoms with Crippen LogP contribution in [0.3, 0.4) is 0 Å². The minimum Gasteiger partial charge on any atom is -0.325 e. The summed E-state index contributed by atoms with van der Waals surface area (Å²) >= 11 is 7.43. The first-order valence-electron chi connectivity index (χ1n) is 10.3. The lowest BCUT2D eigenvalue weighted by atomic mass is 9.83. The first kappa shape index (κ1) is 22.1. The molecule has 1 heterocycles. The van der Waals surface area contributed by atoms with Gasteiger partial charge in [-0.1, -0.05) is 65.8 Å². The number of nitrogens with zero attached hydrogens (tertiary/aromatic N) is 3. The van der Waals surface area contributed by atoms with Crippen molar-refractivity contribution in [1.29, 1.82) is 0 Å².